The fraction of sp³-hybridized carbons (Fsp3) is 0.800. The molecule has 0 aromatic rings. The highest BCUT2D eigenvalue weighted by molar-refractivity contribution is 5.86. The van der Waals surface area contributed by atoms with E-state index >= 15 is 0 Å². The van der Waals surface area contributed by atoms with Crippen LogP contribution in [0, 0.1) is 22.7 Å². The summed E-state index contributed by atoms with van der Waals surface area (Å²) in [6, 6.07) is 2.02. The molecule has 0 aromatic carbocycles. The van der Waals surface area contributed by atoms with Gasteiger partial charge in [0, 0.05) is 6.54 Å². The second-order valence-corrected chi connectivity index (χ2v) is 4.13. The lowest BCUT2D eigenvalue weighted by Gasteiger charge is -2.33. The van der Waals surface area contributed by atoms with Crippen molar-refractivity contribution in [3.8, 4) is 6.07 Å². The van der Waals surface area contributed by atoms with Crippen molar-refractivity contribution < 1.29 is 9.53 Å². The number of hydrogen-bond donors (Lipinski definition) is 1. The lowest BCUT2D eigenvalue weighted by atomic mass is 9.87. The molecule has 1 amide bonds. The average molecular weight is 196 g/mol. The lowest BCUT2D eigenvalue weighted by Crippen LogP contribution is -2.53. The van der Waals surface area contributed by atoms with Gasteiger partial charge in [-0.25, -0.2) is 0 Å². The average Bonchev–Trinajstić information content (AvgIpc) is 2.02. The largest absolute Gasteiger partial charge is 0.377 e. The maximum atomic E-state index is 11.5. The first-order valence-corrected chi connectivity index (χ1v) is 4.88. The molecule has 0 saturated carbocycles. The third-order valence-corrected chi connectivity index (χ3v) is 2.35. The Balaban J connectivity index is 2.31. The van der Waals surface area contributed by atoms with Crippen LogP contribution < -0.4 is 5.32 Å². The minimum Gasteiger partial charge on any atom is -0.377 e. The summed E-state index contributed by atoms with van der Waals surface area (Å²) in [7, 11) is 0. The number of ether oxygens (including phenoxy) is 1. The van der Waals surface area contributed by atoms with Crippen LogP contribution in [0.5, 0.6) is 0 Å². The molecule has 0 atom stereocenters. The SMILES string of the molecule is CC(C)CCNC(=O)C1(C#N)COC1. The van der Waals surface area contributed by atoms with Gasteiger partial charge in [0.25, 0.3) is 0 Å². The third kappa shape index (κ3) is 2.24. The number of nitrogens with zero attached hydrogens (tertiary/aromatic N) is 1. The van der Waals surface area contributed by atoms with Crippen molar-refractivity contribution in [2.75, 3.05) is 19.8 Å². The number of nitriles is 1. The summed E-state index contributed by atoms with van der Waals surface area (Å²) in [6.45, 7) is 5.30. The molecule has 1 fully saturated rings. The van der Waals surface area contributed by atoms with Crippen molar-refractivity contribution in [1.29, 1.82) is 5.26 Å². The van der Waals surface area contributed by atoms with Gasteiger partial charge in [-0.3, -0.25) is 4.79 Å². The van der Waals surface area contributed by atoms with Crippen LogP contribution in [0.25, 0.3) is 0 Å². The minimum atomic E-state index is -0.906. The molecular weight excluding hydrogens is 180 g/mol. The van der Waals surface area contributed by atoms with Crippen molar-refractivity contribution in [2.24, 2.45) is 11.3 Å². The van der Waals surface area contributed by atoms with E-state index in [4.69, 9.17) is 10.00 Å². The van der Waals surface area contributed by atoms with Crippen LogP contribution in [0.1, 0.15) is 20.3 Å². The number of hydrogen-bond acceptors (Lipinski definition) is 3. The topological polar surface area (TPSA) is 62.1 Å². The summed E-state index contributed by atoms with van der Waals surface area (Å²) in [6.07, 6.45) is 0.939. The van der Waals surface area contributed by atoms with Crippen LogP contribution in [0.2, 0.25) is 0 Å². The molecule has 14 heavy (non-hydrogen) atoms. The predicted octanol–water partition coefficient (Wildman–Crippen LogP) is 0.689. The van der Waals surface area contributed by atoms with E-state index in [1.165, 1.54) is 0 Å². The van der Waals surface area contributed by atoms with Crippen molar-refractivity contribution >= 4 is 5.91 Å². The molecule has 78 valence electrons. The van der Waals surface area contributed by atoms with E-state index in [0.717, 1.165) is 6.42 Å². The van der Waals surface area contributed by atoms with Gasteiger partial charge >= 0.3 is 0 Å². The Kier molecular flexibility index (Phi) is 3.48. The van der Waals surface area contributed by atoms with Crippen LogP contribution in [0.4, 0.5) is 0 Å². The molecule has 0 unspecified atom stereocenters. The van der Waals surface area contributed by atoms with E-state index in [9.17, 15) is 4.79 Å². The molecular formula is C10H16N2O2. The molecule has 1 aliphatic rings. The van der Waals surface area contributed by atoms with E-state index < -0.39 is 5.41 Å². The van der Waals surface area contributed by atoms with Crippen molar-refractivity contribution in [3.05, 3.63) is 0 Å². The summed E-state index contributed by atoms with van der Waals surface area (Å²) in [5.74, 6) is 0.373. The monoisotopic (exact) mass is 196 g/mol. The van der Waals surface area contributed by atoms with Crippen molar-refractivity contribution in [2.45, 2.75) is 20.3 Å². The van der Waals surface area contributed by atoms with E-state index in [1.807, 2.05) is 6.07 Å². The van der Waals surface area contributed by atoms with Gasteiger partial charge < -0.3 is 10.1 Å². The smallest absolute Gasteiger partial charge is 0.245 e. The number of carbonyl (C=O) groups is 1. The third-order valence-electron chi connectivity index (χ3n) is 2.35. The molecule has 1 rings (SSSR count). The number of carbonyl (C=O) groups excluding carboxylic acids is 1. The van der Waals surface area contributed by atoms with Crippen LogP contribution in [-0.4, -0.2) is 25.7 Å². The van der Waals surface area contributed by atoms with E-state index in [-0.39, 0.29) is 19.1 Å². The van der Waals surface area contributed by atoms with Crippen LogP contribution in [-0.2, 0) is 9.53 Å². The summed E-state index contributed by atoms with van der Waals surface area (Å²) in [4.78, 5) is 11.5. The van der Waals surface area contributed by atoms with E-state index in [1.54, 1.807) is 0 Å². The Labute approximate surface area is 84.2 Å². The van der Waals surface area contributed by atoms with Gasteiger partial charge in [0.15, 0.2) is 5.41 Å². The lowest BCUT2D eigenvalue weighted by molar-refractivity contribution is -0.150. The maximum Gasteiger partial charge on any atom is 0.245 e. The van der Waals surface area contributed by atoms with Gasteiger partial charge in [0.2, 0.25) is 5.91 Å². The number of amides is 1. The zero-order chi connectivity index (χ0) is 10.6. The highest BCUT2D eigenvalue weighted by Gasteiger charge is 2.46. The summed E-state index contributed by atoms with van der Waals surface area (Å²) < 4.78 is 4.89. The molecule has 0 bridgehead atoms. The van der Waals surface area contributed by atoms with Gasteiger partial charge in [-0.15, -0.1) is 0 Å². The Bertz CT molecular complexity index is 251. The number of nitrogens with one attached hydrogen (secondary N) is 1. The van der Waals surface area contributed by atoms with Gasteiger partial charge in [-0.05, 0) is 12.3 Å². The van der Waals surface area contributed by atoms with Crippen LogP contribution in [0.15, 0.2) is 0 Å². The minimum absolute atomic E-state index is 0.188. The molecule has 0 aliphatic carbocycles. The van der Waals surface area contributed by atoms with Gasteiger partial charge in [0.05, 0.1) is 19.3 Å². The molecule has 4 nitrogen and oxygen atoms in total. The molecule has 0 aromatic heterocycles. The second-order valence-electron chi connectivity index (χ2n) is 4.13. The van der Waals surface area contributed by atoms with Gasteiger partial charge in [-0.1, -0.05) is 13.8 Å². The highest BCUT2D eigenvalue weighted by Crippen LogP contribution is 2.26. The molecule has 1 heterocycles. The quantitative estimate of drug-likeness (QED) is 0.719. The molecule has 1 N–H and O–H groups in total. The van der Waals surface area contributed by atoms with Crippen molar-refractivity contribution in [1.82, 2.24) is 5.32 Å². The zero-order valence-electron chi connectivity index (χ0n) is 8.67. The molecule has 4 heteroatoms. The Morgan fingerprint density at radius 1 is 1.64 bits per heavy atom. The predicted molar refractivity (Wildman–Crippen MR) is 51.3 cm³/mol. The Morgan fingerprint density at radius 3 is 2.64 bits per heavy atom. The Morgan fingerprint density at radius 2 is 2.29 bits per heavy atom. The molecule has 0 spiro atoms. The van der Waals surface area contributed by atoms with Gasteiger partial charge in [0.1, 0.15) is 0 Å². The van der Waals surface area contributed by atoms with E-state index in [2.05, 4.69) is 19.2 Å². The first-order valence-electron chi connectivity index (χ1n) is 4.88. The normalized spacial score (nSPS) is 18.4. The first kappa shape index (κ1) is 11.0. The number of rotatable bonds is 4. The molecule has 1 saturated heterocycles. The highest BCUT2D eigenvalue weighted by atomic mass is 16.5. The summed E-state index contributed by atoms with van der Waals surface area (Å²) >= 11 is 0. The first-order chi connectivity index (χ1) is 6.60. The maximum absolute atomic E-state index is 11.5. The van der Waals surface area contributed by atoms with E-state index in [0.29, 0.717) is 12.5 Å². The Hall–Kier alpha value is -1.08. The van der Waals surface area contributed by atoms with Crippen LogP contribution in [0.3, 0.4) is 0 Å². The second kappa shape index (κ2) is 4.43. The van der Waals surface area contributed by atoms with Gasteiger partial charge in [-0.2, -0.15) is 5.26 Å². The fourth-order valence-electron chi connectivity index (χ4n) is 1.20. The van der Waals surface area contributed by atoms with Crippen LogP contribution >= 0.6 is 0 Å². The fourth-order valence-corrected chi connectivity index (χ4v) is 1.20. The molecule has 0 radical (unpaired) electrons. The zero-order valence-corrected chi connectivity index (χ0v) is 8.67. The standard InChI is InChI=1S/C10H16N2O2/c1-8(2)3-4-12-9(13)10(5-11)6-14-7-10/h8H,3-4,6-7H2,1-2H3,(H,12,13). The van der Waals surface area contributed by atoms with Crippen molar-refractivity contribution in [3.63, 3.8) is 0 Å². The summed E-state index contributed by atoms with van der Waals surface area (Å²) in [5.41, 5.74) is -0.906. The summed E-state index contributed by atoms with van der Waals surface area (Å²) in [5, 5.41) is 11.6. The molecule has 1 aliphatic heterocycles.